The highest BCUT2D eigenvalue weighted by atomic mass is 16.3. The third kappa shape index (κ3) is 3.48. The van der Waals surface area contributed by atoms with Crippen molar-refractivity contribution in [2.24, 2.45) is 0 Å². The molecule has 4 nitrogen and oxygen atoms in total. The van der Waals surface area contributed by atoms with Gasteiger partial charge >= 0.3 is 0 Å². The summed E-state index contributed by atoms with van der Waals surface area (Å²) in [6.45, 7) is 0.766. The van der Waals surface area contributed by atoms with Crippen LogP contribution in [0.5, 0.6) is 0 Å². The summed E-state index contributed by atoms with van der Waals surface area (Å²) in [7, 11) is 0. The quantitative estimate of drug-likeness (QED) is 0.727. The number of rotatable bonds is 6. The van der Waals surface area contributed by atoms with Crippen LogP contribution in [0.4, 0.5) is 0 Å². The third-order valence-corrected chi connectivity index (χ3v) is 3.53. The van der Waals surface area contributed by atoms with Gasteiger partial charge in [0.25, 0.3) is 0 Å². The summed E-state index contributed by atoms with van der Waals surface area (Å²) < 4.78 is 2.00. The molecule has 0 radical (unpaired) electrons. The molecule has 0 spiro atoms. The number of aliphatic hydroxyl groups is 1. The van der Waals surface area contributed by atoms with E-state index in [0.717, 1.165) is 17.8 Å². The number of imidazole rings is 1. The number of fused-ring (bicyclic) bond motifs is 1. The molecular weight excluding hydrogens is 262 g/mol. The molecule has 0 aliphatic carbocycles. The summed E-state index contributed by atoms with van der Waals surface area (Å²) in [5.74, 6) is 0. The number of hydrogen-bond donors (Lipinski definition) is 2. The molecule has 3 rings (SSSR count). The molecule has 1 atom stereocenters. The van der Waals surface area contributed by atoms with E-state index >= 15 is 0 Å². The highest BCUT2D eigenvalue weighted by Crippen LogP contribution is 2.06. The minimum atomic E-state index is 0.0391. The molecule has 0 fully saturated rings. The van der Waals surface area contributed by atoms with Gasteiger partial charge in [-0.15, -0.1) is 0 Å². The highest BCUT2D eigenvalue weighted by Gasteiger charge is 2.09. The summed E-state index contributed by atoms with van der Waals surface area (Å²) in [5.41, 5.74) is 3.14. The van der Waals surface area contributed by atoms with Crippen LogP contribution in [0.3, 0.4) is 0 Å². The maximum absolute atomic E-state index is 9.52. The average molecular weight is 281 g/mol. The zero-order valence-corrected chi connectivity index (χ0v) is 11.8. The summed E-state index contributed by atoms with van der Waals surface area (Å²) in [4.78, 5) is 4.54. The first-order chi connectivity index (χ1) is 10.3. The summed E-state index contributed by atoms with van der Waals surface area (Å²) >= 11 is 0. The second kappa shape index (κ2) is 6.52. The van der Waals surface area contributed by atoms with Gasteiger partial charge in [-0.1, -0.05) is 36.4 Å². The molecule has 0 amide bonds. The zero-order valence-electron chi connectivity index (χ0n) is 11.8. The smallest absolute Gasteiger partial charge is 0.137 e. The van der Waals surface area contributed by atoms with E-state index in [4.69, 9.17) is 0 Å². The molecule has 108 valence electrons. The Hall–Kier alpha value is -2.17. The predicted molar refractivity (Wildman–Crippen MR) is 83.1 cm³/mol. The van der Waals surface area contributed by atoms with Gasteiger partial charge in [0, 0.05) is 25.0 Å². The molecule has 4 heteroatoms. The Labute approximate surface area is 124 Å². The topological polar surface area (TPSA) is 49.6 Å². The lowest BCUT2D eigenvalue weighted by Crippen LogP contribution is -2.34. The lowest BCUT2D eigenvalue weighted by atomic mass is 10.1. The van der Waals surface area contributed by atoms with Gasteiger partial charge in [0.15, 0.2) is 0 Å². The Morgan fingerprint density at radius 1 is 1.10 bits per heavy atom. The molecule has 0 saturated carbocycles. The van der Waals surface area contributed by atoms with Crippen LogP contribution in [-0.2, 0) is 13.0 Å². The second-order valence-electron chi connectivity index (χ2n) is 5.15. The summed E-state index contributed by atoms with van der Waals surface area (Å²) in [6, 6.07) is 16.2. The van der Waals surface area contributed by atoms with E-state index < -0.39 is 0 Å². The van der Waals surface area contributed by atoms with Crippen molar-refractivity contribution < 1.29 is 5.11 Å². The van der Waals surface area contributed by atoms with E-state index in [-0.39, 0.29) is 12.6 Å². The molecule has 2 aromatic heterocycles. The van der Waals surface area contributed by atoms with E-state index in [9.17, 15) is 5.11 Å². The number of aromatic nitrogens is 2. The van der Waals surface area contributed by atoms with Gasteiger partial charge in [-0.05, 0) is 24.1 Å². The Morgan fingerprint density at radius 3 is 2.67 bits per heavy atom. The number of hydrogen-bond acceptors (Lipinski definition) is 3. The number of pyridine rings is 1. The number of benzene rings is 1. The molecule has 0 aliphatic rings. The van der Waals surface area contributed by atoms with Crippen LogP contribution in [0, 0.1) is 0 Å². The second-order valence-corrected chi connectivity index (χ2v) is 5.15. The maximum Gasteiger partial charge on any atom is 0.137 e. The van der Waals surface area contributed by atoms with Crippen LogP contribution in [0.15, 0.2) is 60.9 Å². The van der Waals surface area contributed by atoms with Gasteiger partial charge in [-0.25, -0.2) is 4.98 Å². The Kier molecular flexibility index (Phi) is 4.28. The molecule has 0 aliphatic heterocycles. The van der Waals surface area contributed by atoms with Gasteiger partial charge in [-0.3, -0.25) is 0 Å². The normalized spacial score (nSPS) is 12.6. The first-order valence-electron chi connectivity index (χ1n) is 7.16. The van der Waals surface area contributed by atoms with Gasteiger partial charge in [0.1, 0.15) is 5.65 Å². The number of nitrogens with zero attached hydrogens (tertiary/aromatic N) is 2. The molecule has 0 saturated heterocycles. The van der Waals surface area contributed by atoms with Crippen molar-refractivity contribution in [1.82, 2.24) is 14.7 Å². The molecule has 1 aromatic carbocycles. The first kappa shape index (κ1) is 13.8. The molecule has 0 bridgehead atoms. The van der Waals surface area contributed by atoms with Crippen molar-refractivity contribution in [3.05, 3.63) is 72.2 Å². The minimum Gasteiger partial charge on any atom is -0.395 e. The molecule has 2 heterocycles. The highest BCUT2D eigenvalue weighted by molar-refractivity contribution is 5.39. The van der Waals surface area contributed by atoms with Gasteiger partial charge < -0.3 is 14.8 Å². The van der Waals surface area contributed by atoms with Crippen LogP contribution in [0.1, 0.15) is 11.3 Å². The molecule has 0 unspecified atom stereocenters. The first-order valence-corrected chi connectivity index (χ1v) is 7.16. The van der Waals surface area contributed by atoms with Crippen LogP contribution < -0.4 is 5.32 Å². The van der Waals surface area contributed by atoms with E-state index in [1.165, 1.54) is 5.56 Å². The van der Waals surface area contributed by atoms with Crippen molar-refractivity contribution in [1.29, 1.82) is 0 Å². The van der Waals surface area contributed by atoms with Crippen molar-refractivity contribution in [3.8, 4) is 0 Å². The Bertz CT molecular complexity index is 660. The van der Waals surface area contributed by atoms with E-state index in [2.05, 4.69) is 22.4 Å². The van der Waals surface area contributed by atoms with Crippen LogP contribution in [-0.4, -0.2) is 27.1 Å². The van der Waals surface area contributed by atoms with Crippen molar-refractivity contribution in [3.63, 3.8) is 0 Å². The maximum atomic E-state index is 9.52. The standard InChI is InChI=1S/C17H19N3O/c21-13-15(10-14-6-2-1-3-7-14)18-11-16-12-20-9-5-4-8-17(20)19-16/h1-9,12,15,18,21H,10-11,13H2/t15-/m0/s1. The van der Waals surface area contributed by atoms with Crippen LogP contribution in [0.2, 0.25) is 0 Å². The molecule has 21 heavy (non-hydrogen) atoms. The fourth-order valence-electron chi connectivity index (χ4n) is 2.42. The molecular formula is C17H19N3O. The van der Waals surface area contributed by atoms with E-state index in [0.29, 0.717) is 6.54 Å². The van der Waals surface area contributed by atoms with E-state index in [1.807, 2.05) is 53.2 Å². The van der Waals surface area contributed by atoms with Crippen molar-refractivity contribution in [2.45, 2.75) is 19.0 Å². The predicted octanol–water partition coefficient (Wildman–Crippen LogP) is 2.03. The SMILES string of the molecule is OC[C@H](Cc1ccccc1)NCc1cn2ccccc2n1. The average Bonchev–Trinajstić information content (AvgIpc) is 2.95. The van der Waals surface area contributed by atoms with E-state index in [1.54, 1.807) is 0 Å². The fourth-order valence-corrected chi connectivity index (χ4v) is 2.42. The molecule has 2 N–H and O–H groups in total. The van der Waals surface area contributed by atoms with Crippen LogP contribution in [0.25, 0.3) is 5.65 Å². The zero-order chi connectivity index (χ0) is 14.5. The van der Waals surface area contributed by atoms with Crippen molar-refractivity contribution >= 4 is 5.65 Å². The monoisotopic (exact) mass is 281 g/mol. The van der Waals surface area contributed by atoms with Crippen LogP contribution >= 0.6 is 0 Å². The fraction of sp³-hybridized carbons (Fsp3) is 0.235. The summed E-state index contributed by atoms with van der Waals surface area (Å²) in [6.07, 6.45) is 4.81. The lowest BCUT2D eigenvalue weighted by molar-refractivity contribution is 0.240. The lowest BCUT2D eigenvalue weighted by Gasteiger charge is -2.15. The number of aliphatic hydroxyl groups excluding tert-OH is 1. The minimum absolute atomic E-state index is 0.0391. The third-order valence-electron chi connectivity index (χ3n) is 3.53. The van der Waals surface area contributed by atoms with Gasteiger partial charge in [0.2, 0.25) is 0 Å². The van der Waals surface area contributed by atoms with Gasteiger partial charge in [-0.2, -0.15) is 0 Å². The van der Waals surface area contributed by atoms with Crippen molar-refractivity contribution in [2.75, 3.05) is 6.61 Å². The largest absolute Gasteiger partial charge is 0.395 e. The Balaban J connectivity index is 1.62. The number of nitrogens with one attached hydrogen (secondary N) is 1. The summed E-state index contributed by atoms with van der Waals surface area (Å²) in [5, 5.41) is 12.9. The molecule has 3 aromatic rings. The Morgan fingerprint density at radius 2 is 1.90 bits per heavy atom. The van der Waals surface area contributed by atoms with Gasteiger partial charge in [0.05, 0.1) is 12.3 Å².